The van der Waals surface area contributed by atoms with Gasteiger partial charge in [0.1, 0.15) is 6.10 Å². The van der Waals surface area contributed by atoms with Crippen LogP contribution in [-0.2, 0) is 9.47 Å². The molecule has 0 aromatic rings. The van der Waals surface area contributed by atoms with Crippen molar-refractivity contribution in [3.63, 3.8) is 0 Å². The summed E-state index contributed by atoms with van der Waals surface area (Å²) in [6.07, 6.45) is 0.194. The van der Waals surface area contributed by atoms with Crippen molar-refractivity contribution >= 4 is 5.71 Å². The third-order valence-corrected chi connectivity index (χ3v) is 4.00. The zero-order valence-electron chi connectivity index (χ0n) is 10.2. The van der Waals surface area contributed by atoms with Gasteiger partial charge >= 0.3 is 0 Å². The topological polar surface area (TPSA) is 54.3 Å². The first kappa shape index (κ1) is 11.6. The van der Waals surface area contributed by atoms with E-state index in [2.05, 4.69) is 16.9 Å². The lowest BCUT2D eigenvalue weighted by Crippen LogP contribution is -2.44. The van der Waals surface area contributed by atoms with E-state index in [0.29, 0.717) is 25.0 Å². The van der Waals surface area contributed by atoms with Crippen molar-refractivity contribution < 1.29 is 14.6 Å². The van der Waals surface area contributed by atoms with Gasteiger partial charge in [0.25, 0.3) is 0 Å². The van der Waals surface area contributed by atoms with E-state index < -0.39 is 6.29 Å². The van der Waals surface area contributed by atoms with Gasteiger partial charge in [-0.15, -0.1) is 0 Å². The Labute approximate surface area is 101 Å². The van der Waals surface area contributed by atoms with E-state index in [9.17, 15) is 5.11 Å². The van der Waals surface area contributed by atoms with E-state index in [-0.39, 0.29) is 6.10 Å². The van der Waals surface area contributed by atoms with E-state index in [4.69, 9.17) is 9.47 Å². The highest BCUT2D eigenvalue weighted by Crippen LogP contribution is 2.33. The van der Waals surface area contributed by atoms with Gasteiger partial charge in [-0.05, 0) is 13.5 Å². The van der Waals surface area contributed by atoms with Crippen LogP contribution in [0.1, 0.15) is 6.42 Å². The molecular weight excluding hydrogens is 220 g/mol. The van der Waals surface area contributed by atoms with Crippen LogP contribution in [0, 0.1) is 11.8 Å². The first-order valence-electron chi connectivity index (χ1n) is 6.37. The molecule has 0 aliphatic carbocycles. The van der Waals surface area contributed by atoms with E-state index in [1.54, 1.807) is 0 Å². The molecule has 5 nitrogen and oxygen atoms in total. The van der Waals surface area contributed by atoms with Crippen molar-refractivity contribution in [3.05, 3.63) is 0 Å². The molecule has 0 radical (unpaired) electrons. The summed E-state index contributed by atoms with van der Waals surface area (Å²) in [5.74, 6) is 0.742. The molecule has 3 heterocycles. The third-order valence-electron chi connectivity index (χ3n) is 4.00. The van der Waals surface area contributed by atoms with Crippen LogP contribution in [0.15, 0.2) is 4.99 Å². The molecule has 3 rings (SSSR count). The summed E-state index contributed by atoms with van der Waals surface area (Å²) in [5.41, 5.74) is 1.26. The normalized spacial score (nSPS) is 43.3. The van der Waals surface area contributed by atoms with Gasteiger partial charge in [0.2, 0.25) is 0 Å². The fourth-order valence-electron chi connectivity index (χ4n) is 2.99. The molecule has 96 valence electrons. The van der Waals surface area contributed by atoms with Crippen molar-refractivity contribution in [1.29, 1.82) is 0 Å². The molecule has 2 saturated heterocycles. The number of ether oxygens (including phenoxy) is 2. The van der Waals surface area contributed by atoms with Crippen molar-refractivity contribution in [2.45, 2.75) is 18.8 Å². The number of likely N-dealkylation sites (N-methyl/N-ethyl adjacent to an activating group) is 1. The average molecular weight is 240 g/mol. The Morgan fingerprint density at radius 2 is 2.24 bits per heavy atom. The second-order valence-electron chi connectivity index (χ2n) is 5.33. The van der Waals surface area contributed by atoms with Crippen LogP contribution in [0.2, 0.25) is 0 Å². The quantitative estimate of drug-likeness (QED) is 0.686. The predicted molar refractivity (Wildman–Crippen MR) is 63.1 cm³/mol. The second-order valence-corrected chi connectivity index (χ2v) is 5.33. The number of nitrogens with zero attached hydrogens (tertiary/aromatic N) is 2. The minimum absolute atomic E-state index is 0.117. The molecule has 0 aromatic heterocycles. The van der Waals surface area contributed by atoms with Gasteiger partial charge in [-0.3, -0.25) is 9.89 Å². The Bertz CT molecular complexity index is 321. The fraction of sp³-hybridized carbons (Fsp3) is 0.917. The van der Waals surface area contributed by atoms with Crippen LogP contribution >= 0.6 is 0 Å². The summed E-state index contributed by atoms with van der Waals surface area (Å²) < 4.78 is 11.0. The van der Waals surface area contributed by atoms with Gasteiger partial charge in [0.05, 0.1) is 19.8 Å². The molecule has 3 aliphatic heterocycles. The van der Waals surface area contributed by atoms with Crippen LogP contribution in [0.3, 0.4) is 0 Å². The van der Waals surface area contributed by atoms with E-state index in [1.807, 2.05) is 0 Å². The highest BCUT2D eigenvalue weighted by Gasteiger charge is 2.42. The van der Waals surface area contributed by atoms with Crippen LogP contribution in [0.5, 0.6) is 0 Å². The molecule has 0 bridgehead atoms. The van der Waals surface area contributed by atoms with Gasteiger partial charge in [-0.1, -0.05) is 0 Å². The summed E-state index contributed by atoms with van der Waals surface area (Å²) >= 11 is 0. The van der Waals surface area contributed by atoms with Gasteiger partial charge in [0.15, 0.2) is 6.29 Å². The van der Waals surface area contributed by atoms with E-state index in [0.717, 1.165) is 26.1 Å². The Balaban J connectivity index is 1.65. The Morgan fingerprint density at radius 3 is 3.06 bits per heavy atom. The Kier molecular flexibility index (Phi) is 3.17. The van der Waals surface area contributed by atoms with Gasteiger partial charge in [0, 0.05) is 30.6 Å². The number of fused-ring (bicyclic) bond motifs is 1. The van der Waals surface area contributed by atoms with Gasteiger partial charge in [-0.2, -0.15) is 0 Å². The van der Waals surface area contributed by atoms with Crippen molar-refractivity contribution in [2.75, 3.05) is 39.9 Å². The molecule has 4 atom stereocenters. The lowest BCUT2D eigenvalue weighted by atomic mass is 9.86. The summed E-state index contributed by atoms with van der Waals surface area (Å²) in [6, 6.07) is 0. The first-order chi connectivity index (χ1) is 8.24. The van der Waals surface area contributed by atoms with E-state index >= 15 is 0 Å². The smallest absolute Gasteiger partial charge is 0.181 e. The maximum Gasteiger partial charge on any atom is 0.181 e. The molecule has 0 saturated carbocycles. The molecule has 0 aromatic carbocycles. The Morgan fingerprint density at radius 1 is 1.35 bits per heavy atom. The lowest BCUT2D eigenvalue weighted by molar-refractivity contribution is -0.141. The predicted octanol–water partition coefficient (Wildman–Crippen LogP) is -0.257. The average Bonchev–Trinajstić information content (AvgIpc) is 2.71. The number of aliphatic imine (C=N–C) groups is 1. The molecule has 1 N–H and O–H groups in total. The van der Waals surface area contributed by atoms with Crippen LogP contribution in [-0.4, -0.2) is 68.0 Å². The van der Waals surface area contributed by atoms with Crippen molar-refractivity contribution in [2.24, 2.45) is 16.8 Å². The molecule has 17 heavy (non-hydrogen) atoms. The fourth-order valence-corrected chi connectivity index (χ4v) is 2.99. The van der Waals surface area contributed by atoms with Gasteiger partial charge in [-0.25, -0.2) is 0 Å². The summed E-state index contributed by atoms with van der Waals surface area (Å²) in [6.45, 7) is 4.19. The highest BCUT2D eigenvalue weighted by molar-refractivity contribution is 5.89. The van der Waals surface area contributed by atoms with Crippen molar-refractivity contribution in [1.82, 2.24) is 4.90 Å². The summed E-state index contributed by atoms with van der Waals surface area (Å²) in [4.78, 5) is 6.93. The molecule has 2 fully saturated rings. The number of hydrogen-bond donors (Lipinski definition) is 1. The highest BCUT2D eigenvalue weighted by atomic mass is 16.6. The molecular formula is C12H20N2O3. The molecule has 0 spiro atoms. The van der Waals surface area contributed by atoms with E-state index in [1.165, 1.54) is 5.71 Å². The zero-order chi connectivity index (χ0) is 11.8. The maximum absolute atomic E-state index is 9.58. The molecule has 2 unspecified atom stereocenters. The molecule has 5 heteroatoms. The number of aliphatic hydroxyl groups excluding tert-OH is 1. The zero-order valence-corrected chi connectivity index (χ0v) is 10.2. The molecule has 0 amide bonds. The van der Waals surface area contributed by atoms with Crippen LogP contribution in [0.4, 0.5) is 0 Å². The summed E-state index contributed by atoms with van der Waals surface area (Å²) in [7, 11) is 2.13. The standard InChI is InChI=1S/C12H20N2O3/c1-14-3-2-13-10(5-14)8-4-9-7-17-12(15)11(9)16-6-8/h8-9,11-12,15H,2-7H2,1H3/t8?,9-,11-,12?/m0/s1. The van der Waals surface area contributed by atoms with Gasteiger partial charge < -0.3 is 14.6 Å². The number of hydrogen-bond acceptors (Lipinski definition) is 5. The minimum Gasteiger partial charge on any atom is -0.372 e. The second kappa shape index (κ2) is 4.65. The number of aliphatic hydroxyl groups is 1. The van der Waals surface area contributed by atoms with Crippen LogP contribution < -0.4 is 0 Å². The monoisotopic (exact) mass is 240 g/mol. The maximum atomic E-state index is 9.58. The summed E-state index contributed by atoms with van der Waals surface area (Å²) in [5, 5.41) is 9.58. The minimum atomic E-state index is -0.725. The SMILES string of the molecule is CN1CCN=C(C2CO[C@@H]3C(O)OC[C@@H]3C2)C1. The third kappa shape index (κ3) is 2.25. The Hall–Kier alpha value is -0.490. The number of rotatable bonds is 1. The first-order valence-corrected chi connectivity index (χ1v) is 6.37. The van der Waals surface area contributed by atoms with Crippen LogP contribution in [0.25, 0.3) is 0 Å². The lowest BCUT2D eigenvalue weighted by Gasteiger charge is -2.34. The van der Waals surface area contributed by atoms with Crippen molar-refractivity contribution in [3.8, 4) is 0 Å². The largest absolute Gasteiger partial charge is 0.372 e. The molecule has 3 aliphatic rings.